The third-order valence-corrected chi connectivity index (χ3v) is 13.7. The van der Waals surface area contributed by atoms with Gasteiger partial charge >= 0.3 is 6.03 Å². The molecule has 2 N–H and O–H groups in total. The summed E-state index contributed by atoms with van der Waals surface area (Å²) in [5.74, 6) is -0.890. The number of rotatable bonds is 10. The minimum atomic E-state index is -2.87. The molecule has 19 nitrogen and oxygen atoms in total. The lowest BCUT2D eigenvalue weighted by molar-refractivity contribution is -0.122. The molecule has 0 atom stereocenters. The van der Waals surface area contributed by atoms with Gasteiger partial charge < -0.3 is 29.7 Å². The third kappa shape index (κ3) is 8.15. The van der Waals surface area contributed by atoms with Gasteiger partial charge in [-0.15, -0.1) is 0 Å². The summed E-state index contributed by atoms with van der Waals surface area (Å²) in [6.45, 7) is 8.85. The molecule has 0 unspecified atom stereocenters. The second kappa shape index (κ2) is 17.5. The smallest absolute Gasteiger partial charge is 0.343 e. The Hall–Kier alpha value is -6.06. The molecule has 338 valence electrons. The van der Waals surface area contributed by atoms with Crippen molar-refractivity contribution in [3.63, 3.8) is 0 Å². The first kappa shape index (κ1) is 41.9. The number of carbonyl (C=O) groups is 5. The molecule has 5 fully saturated rings. The van der Waals surface area contributed by atoms with Crippen LogP contribution in [0.1, 0.15) is 94.2 Å². The summed E-state index contributed by atoms with van der Waals surface area (Å²) >= 11 is 0. The molecule has 1 aromatic carbocycles. The standard InChI is InChI=1S/C43H51F2N13O6/c44-38(45)37-34(47-40(60)33-24-46-55-17-9-35(48-39(33)55)54-19-21-64-22-20-54)26-56(50-37)29-5-11-51(12-6-29)25-27-3-13-52(14-4-27)28-7-15-53(16-8-28)30-1-2-31-32(23-30)42(62)58(41(31)61)57-18-10-36(59)49-43(57)63/h1-2,9,17,23-24,26-29,38H,3-8,10-16,18-22,25H2,(H,47,60)(H,49,59,63). The summed E-state index contributed by atoms with van der Waals surface area (Å²) in [5, 5.41) is 15.2. The van der Waals surface area contributed by atoms with Crippen LogP contribution in [0.5, 0.6) is 0 Å². The van der Waals surface area contributed by atoms with Gasteiger partial charge in [0.15, 0.2) is 11.3 Å². The fourth-order valence-electron chi connectivity index (χ4n) is 10.1. The molecular weight excluding hydrogens is 833 g/mol. The van der Waals surface area contributed by atoms with E-state index in [4.69, 9.17) is 4.74 Å². The van der Waals surface area contributed by atoms with E-state index in [9.17, 15) is 32.8 Å². The highest BCUT2D eigenvalue weighted by atomic mass is 19.3. The SMILES string of the molecule is O=C1CCN(N2C(=O)c3ccc(N4CCC(N5CCC(CN6CCC(n7cc(NC(=O)c8cnn9ccc(N%10CCOCC%10)nc89)c(C(F)F)n7)CC6)CC5)CC4)cc3C2=O)C(=O)N1. The van der Waals surface area contributed by atoms with Crippen LogP contribution in [0.15, 0.2) is 42.9 Å². The van der Waals surface area contributed by atoms with Crippen LogP contribution in [0.25, 0.3) is 5.65 Å². The lowest BCUT2D eigenvalue weighted by atomic mass is 9.92. The maximum absolute atomic E-state index is 14.3. The highest BCUT2D eigenvalue weighted by Gasteiger charge is 2.43. The molecule has 0 spiro atoms. The molecule has 3 aromatic heterocycles. The molecule has 6 aliphatic rings. The highest BCUT2D eigenvalue weighted by molar-refractivity contribution is 6.22. The third-order valence-electron chi connectivity index (χ3n) is 13.7. The molecule has 21 heteroatoms. The number of anilines is 3. The van der Waals surface area contributed by atoms with Crippen LogP contribution in [0.3, 0.4) is 0 Å². The Morgan fingerprint density at radius 3 is 2.31 bits per heavy atom. The number of nitrogens with one attached hydrogen (secondary N) is 2. The van der Waals surface area contributed by atoms with Gasteiger partial charge in [0.2, 0.25) is 5.91 Å². The highest BCUT2D eigenvalue weighted by Crippen LogP contribution is 2.34. The van der Waals surface area contributed by atoms with Crippen molar-refractivity contribution in [2.45, 2.75) is 63.5 Å². The molecule has 0 radical (unpaired) electrons. The molecule has 6 amide bonds. The van der Waals surface area contributed by atoms with Crippen LogP contribution in [0.2, 0.25) is 0 Å². The Balaban J connectivity index is 0.683. The molecule has 0 bridgehead atoms. The zero-order valence-electron chi connectivity index (χ0n) is 35.4. The van der Waals surface area contributed by atoms with Gasteiger partial charge in [-0.25, -0.2) is 28.1 Å². The largest absolute Gasteiger partial charge is 0.378 e. The number of fused-ring (bicyclic) bond motifs is 2. The Bertz CT molecular complexity index is 2450. The van der Waals surface area contributed by atoms with Crippen LogP contribution < -0.4 is 20.4 Å². The first-order chi connectivity index (χ1) is 31.1. The molecule has 4 aromatic rings. The normalized spacial score (nSPS) is 21.4. The second-order valence-electron chi connectivity index (χ2n) is 17.5. The molecule has 9 heterocycles. The average molecular weight is 884 g/mol. The first-order valence-corrected chi connectivity index (χ1v) is 22.3. The summed E-state index contributed by atoms with van der Waals surface area (Å²) < 4.78 is 37.1. The van der Waals surface area contributed by atoms with E-state index in [0.717, 1.165) is 100 Å². The Morgan fingerprint density at radius 1 is 0.844 bits per heavy atom. The maximum Gasteiger partial charge on any atom is 0.343 e. The van der Waals surface area contributed by atoms with Gasteiger partial charge in [-0.2, -0.15) is 15.2 Å². The first-order valence-electron chi connectivity index (χ1n) is 22.3. The molecule has 10 rings (SSSR count). The zero-order valence-corrected chi connectivity index (χ0v) is 35.4. The monoisotopic (exact) mass is 883 g/mol. The summed E-state index contributed by atoms with van der Waals surface area (Å²) in [7, 11) is 0. The fourth-order valence-corrected chi connectivity index (χ4v) is 10.1. The molecule has 6 aliphatic heterocycles. The van der Waals surface area contributed by atoms with E-state index in [1.165, 1.54) is 16.9 Å². The minimum absolute atomic E-state index is 0.00893. The number of nitrogens with zero attached hydrogens (tertiary/aromatic N) is 11. The number of hydrogen-bond donors (Lipinski definition) is 2. The number of halogens is 2. The van der Waals surface area contributed by atoms with E-state index in [0.29, 0.717) is 49.7 Å². The van der Waals surface area contributed by atoms with Gasteiger partial charge in [-0.3, -0.25) is 29.2 Å². The van der Waals surface area contributed by atoms with Gasteiger partial charge in [-0.1, -0.05) is 0 Å². The molecule has 0 saturated carbocycles. The molecular formula is C43H51F2N13O6. The lowest BCUT2D eigenvalue weighted by Crippen LogP contribution is -2.58. The van der Waals surface area contributed by atoms with Crippen LogP contribution in [-0.2, 0) is 9.53 Å². The Morgan fingerprint density at radius 2 is 1.58 bits per heavy atom. The van der Waals surface area contributed by atoms with E-state index in [-0.39, 0.29) is 41.4 Å². The van der Waals surface area contributed by atoms with Crippen molar-refractivity contribution in [2.75, 3.05) is 93.8 Å². The van der Waals surface area contributed by atoms with Crippen LogP contribution >= 0.6 is 0 Å². The summed E-state index contributed by atoms with van der Waals surface area (Å²) in [6.07, 6.45) is 7.51. The van der Waals surface area contributed by atoms with E-state index >= 15 is 0 Å². The van der Waals surface area contributed by atoms with Crippen molar-refractivity contribution in [2.24, 2.45) is 5.92 Å². The van der Waals surface area contributed by atoms with Gasteiger partial charge in [0, 0.05) is 76.4 Å². The quantitative estimate of drug-likeness (QED) is 0.221. The Kier molecular flexibility index (Phi) is 11.5. The number of ether oxygens (including phenoxy) is 1. The number of amides is 6. The number of hydrazine groups is 1. The number of piperidine rings is 3. The lowest BCUT2D eigenvalue weighted by Gasteiger charge is -2.43. The Labute approximate surface area is 367 Å². The molecule has 0 aliphatic carbocycles. The average Bonchev–Trinajstić information content (AvgIpc) is 4.01. The molecule has 5 saturated heterocycles. The van der Waals surface area contributed by atoms with Crippen molar-refractivity contribution in [3.8, 4) is 0 Å². The topological polar surface area (TPSA) is 186 Å². The van der Waals surface area contributed by atoms with Crippen LogP contribution in [-0.4, -0.2) is 159 Å². The number of alkyl halides is 2. The minimum Gasteiger partial charge on any atom is -0.378 e. The van der Waals surface area contributed by atoms with E-state index in [1.54, 1.807) is 23.0 Å². The second-order valence-corrected chi connectivity index (χ2v) is 17.5. The van der Waals surface area contributed by atoms with E-state index < -0.39 is 41.8 Å². The summed E-state index contributed by atoms with van der Waals surface area (Å²) in [6, 6.07) is 6.71. The van der Waals surface area contributed by atoms with Crippen molar-refractivity contribution in [1.82, 2.24) is 49.5 Å². The van der Waals surface area contributed by atoms with E-state index in [1.807, 2.05) is 12.1 Å². The van der Waals surface area contributed by atoms with Crippen molar-refractivity contribution in [1.29, 1.82) is 0 Å². The maximum atomic E-state index is 14.3. The van der Waals surface area contributed by atoms with Crippen LogP contribution in [0, 0.1) is 5.92 Å². The fraction of sp³-hybridized carbons (Fsp3) is 0.535. The number of morpholine rings is 1. The van der Waals surface area contributed by atoms with Crippen molar-refractivity contribution < 1.29 is 37.5 Å². The number of benzene rings is 1. The predicted octanol–water partition coefficient (Wildman–Crippen LogP) is 3.42. The van der Waals surface area contributed by atoms with Crippen molar-refractivity contribution >= 4 is 52.5 Å². The predicted molar refractivity (Wildman–Crippen MR) is 227 cm³/mol. The van der Waals surface area contributed by atoms with Crippen molar-refractivity contribution in [3.05, 3.63) is 65.2 Å². The van der Waals surface area contributed by atoms with Gasteiger partial charge in [0.05, 0.1) is 48.8 Å². The number of imide groups is 2. The number of likely N-dealkylation sites (tertiary alicyclic amines) is 2. The zero-order chi connectivity index (χ0) is 44.1. The van der Waals surface area contributed by atoms with Gasteiger partial charge in [0.25, 0.3) is 24.1 Å². The van der Waals surface area contributed by atoms with E-state index in [2.05, 4.69) is 45.4 Å². The number of urea groups is 1. The van der Waals surface area contributed by atoms with Gasteiger partial charge in [-0.05, 0) is 81.8 Å². The number of carbonyl (C=O) groups excluding carboxylic acids is 5. The van der Waals surface area contributed by atoms with Gasteiger partial charge in [0.1, 0.15) is 11.4 Å². The number of hydrogen-bond acceptors (Lipinski definition) is 13. The number of aromatic nitrogens is 5. The summed E-state index contributed by atoms with van der Waals surface area (Å²) in [4.78, 5) is 78.0. The van der Waals surface area contributed by atoms with Crippen LogP contribution in [0.4, 0.5) is 30.8 Å². The summed E-state index contributed by atoms with van der Waals surface area (Å²) in [5.41, 5.74) is 1.42. The molecule has 64 heavy (non-hydrogen) atoms.